The van der Waals surface area contributed by atoms with E-state index in [4.69, 9.17) is 12.2 Å². The van der Waals surface area contributed by atoms with Crippen molar-refractivity contribution >= 4 is 28.7 Å². The lowest BCUT2D eigenvalue weighted by Gasteiger charge is -2.26. The van der Waals surface area contributed by atoms with Crippen LogP contribution < -0.4 is 5.32 Å². The summed E-state index contributed by atoms with van der Waals surface area (Å²) in [6.45, 7) is 5.21. The molecule has 1 aliphatic heterocycles. The van der Waals surface area contributed by atoms with E-state index in [2.05, 4.69) is 46.6 Å². The normalized spacial score (nSPS) is 22.1. The molecule has 3 rings (SSSR count). The van der Waals surface area contributed by atoms with Crippen LogP contribution in [-0.2, 0) is 0 Å². The van der Waals surface area contributed by atoms with Crippen molar-refractivity contribution in [2.24, 2.45) is 0 Å². The van der Waals surface area contributed by atoms with E-state index in [-0.39, 0.29) is 12.1 Å². The molecule has 1 fully saturated rings. The van der Waals surface area contributed by atoms with E-state index < -0.39 is 0 Å². The van der Waals surface area contributed by atoms with Gasteiger partial charge in [0, 0.05) is 17.6 Å². The largest absolute Gasteiger partial charge is 0.352 e. The number of thiophene rings is 1. The van der Waals surface area contributed by atoms with Crippen molar-refractivity contribution in [2.75, 3.05) is 6.54 Å². The van der Waals surface area contributed by atoms with Gasteiger partial charge in [0.05, 0.1) is 17.8 Å². The summed E-state index contributed by atoms with van der Waals surface area (Å²) in [5.41, 5.74) is 2.37. The zero-order chi connectivity index (χ0) is 14.1. The number of rotatable bonds is 3. The highest BCUT2D eigenvalue weighted by Gasteiger charge is 2.40. The van der Waals surface area contributed by atoms with Crippen LogP contribution >= 0.6 is 23.6 Å². The molecule has 20 heavy (non-hydrogen) atoms. The van der Waals surface area contributed by atoms with Crippen LogP contribution in [0.5, 0.6) is 0 Å². The SMILES string of the molecule is CCN1C(=S)N[C@H](c2ccccn2)[C@@H]1c1sccc1C. The summed E-state index contributed by atoms with van der Waals surface area (Å²) >= 11 is 7.30. The number of nitrogens with one attached hydrogen (secondary N) is 1. The minimum atomic E-state index is 0.126. The molecule has 2 atom stereocenters. The average molecular weight is 303 g/mol. The van der Waals surface area contributed by atoms with Crippen LogP contribution in [0, 0.1) is 6.92 Å². The zero-order valence-electron chi connectivity index (χ0n) is 11.5. The highest BCUT2D eigenvalue weighted by molar-refractivity contribution is 7.80. The molecule has 1 N–H and O–H groups in total. The second kappa shape index (κ2) is 5.50. The quantitative estimate of drug-likeness (QED) is 0.879. The molecular formula is C15H17N3S2. The molecule has 0 radical (unpaired) electrons. The van der Waals surface area contributed by atoms with Crippen LogP contribution in [0.3, 0.4) is 0 Å². The van der Waals surface area contributed by atoms with Crippen molar-refractivity contribution in [3.8, 4) is 0 Å². The fourth-order valence-corrected chi connectivity index (χ4v) is 4.16. The Labute approximate surface area is 128 Å². The van der Waals surface area contributed by atoms with Gasteiger partial charge in [0.1, 0.15) is 0 Å². The van der Waals surface area contributed by atoms with Gasteiger partial charge in [-0.05, 0) is 55.2 Å². The summed E-state index contributed by atoms with van der Waals surface area (Å²) in [4.78, 5) is 8.14. The van der Waals surface area contributed by atoms with Crippen LogP contribution in [-0.4, -0.2) is 21.5 Å². The van der Waals surface area contributed by atoms with Crippen LogP contribution in [0.2, 0.25) is 0 Å². The first-order chi connectivity index (χ1) is 9.72. The summed E-state index contributed by atoms with van der Waals surface area (Å²) < 4.78 is 0. The van der Waals surface area contributed by atoms with E-state index in [9.17, 15) is 0 Å². The van der Waals surface area contributed by atoms with Gasteiger partial charge in [0.15, 0.2) is 5.11 Å². The smallest absolute Gasteiger partial charge is 0.170 e. The number of aromatic nitrogens is 1. The fourth-order valence-electron chi connectivity index (χ4n) is 2.72. The molecule has 104 valence electrons. The third kappa shape index (κ3) is 2.21. The average Bonchev–Trinajstić information content (AvgIpc) is 3.02. The number of hydrogen-bond acceptors (Lipinski definition) is 3. The third-order valence-electron chi connectivity index (χ3n) is 3.71. The van der Waals surface area contributed by atoms with E-state index >= 15 is 0 Å². The Morgan fingerprint density at radius 3 is 2.85 bits per heavy atom. The van der Waals surface area contributed by atoms with Crippen LogP contribution in [0.15, 0.2) is 35.8 Å². The van der Waals surface area contributed by atoms with E-state index in [0.29, 0.717) is 0 Å². The van der Waals surface area contributed by atoms with E-state index in [1.54, 1.807) is 11.3 Å². The molecule has 0 amide bonds. The van der Waals surface area contributed by atoms with Crippen molar-refractivity contribution < 1.29 is 0 Å². The molecule has 2 aromatic heterocycles. The van der Waals surface area contributed by atoms with Gasteiger partial charge in [-0.15, -0.1) is 11.3 Å². The van der Waals surface area contributed by atoms with E-state index in [1.165, 1.54) is 10.4 Å². The second-order valence-corrected chi connectivity index (χ2v) is 6.21. The third-order valence-corrected chi connectivity index (χ3v) is 5.15. The lowest BCUT2D eigenvalue weighted by molar-refractivity contribution is 0.334. The molecule has 2 aromatic rings. The Morgan fingerprint density at radius 2 is 2.25 bits per heavy atom. The predicted molar refractivity (Wildman–Crippen MR) is 86.9 cm³/mol. The van der Waals surface area contributed by atoms with Crippen LogP contribution in [0.25, 0.3) is 0 Å². The van der Waals surface area contributed by atoms with Crippen LogP contribution in [0.4, 0.5) is 0 Å². The van der Waals surface area contributed by atoms with Crippen molar-refractivity contribution in [3.05, 3.63) is 52.0 Å². The maximum absolute atomic E-state index is 5.50. The Balaban J connectivity index is 2.05. The summed E-state index contributed by atoms with van der Waals surface area (Å²) in [7, 11) is 0. The molecule has 0 unspecified atom stereocenters. The van der Waals surface area contributed by atoms with Crippen molar-refractivity contribution in [1.29, 1.82) is 0 Å². The molecular weight excluding hydrogens is 286 g/mol. The van der Waals surface area contributed by atoms with Crippen molar-refractivity contribution in [3.63, 3.8) is 0 Å². The highest BCUT2D eigenvalue weighted by Crippen LogP contribution is 2.41. The first kappa shape index (κ1) is 13.5. The topological polar surface area (TPSA) is 28.2 Å². The standard InChI is InChI=1S/C15H17N3S2/c1-3-18-13(14-10(2)7-9-20-14)12(17-15(18)19)11-6-4-5-8-16-11/h4-9,12-13H,3H2,1-2H3,(H,17,19)/t12-,13-/m1/s1. The van der Waals surface area contributed by atoms with Gasteiger partial charge in [-0.2, -0.15) is 0 Å². The summed E-state index contributed by atoms with van der Waals surface area (Å²) in [5, 5.41) is 6.41. The van der Waals surface area contributed by atoms with Crippen LogP contribution in [0.1, 0.15) is 35.1 Å². The predicted octanol–water partition coefficient (Wildman–Crippen LogP) is 3.44. The number of aryl methyl sites for hydroxylation is 1. The van der Waals surface area contributed by atoms with Gasteiger partial charge >= 0.3 is 0 Å². The Bertz CT molecular complexity index is 609. The van der Waals surface area contributed by atoms with Gasteiger partial charge < -0.3 is 10.2 Å². The summed E-state index contributed by atoms with van der Waals surface area (Å²) in [5.74, 6) is 0. The molecule has 0 saturated carbocycles. The molecule has 1 saturated heterocycles. The van der Waals surface area contributed by atoms with Gasteiger partial charge in [0.25, 0.3) is 0 Å². The first-order valence-corrected chi connectivity index (χ1v) is 8.03. The minimum Gasteiger partial charge on any atom is -0.352 e. The highest BCUT2D eigenvalue weighted by atomic mass is 32.1. The lowest BCUT2D eigenvalue weighted by atomic mass is 10.0. The molecule has 1 aliphatic rings. The van der Waals surface area contributed by atoms with Gasteiger partial charge in [-0.3, -0.25) is 4.98 Å². The van der Waals surface area contributed by atoms with Gasteiger partial charge in [-0.25, -0.2) is 0 Å². The Morgan fingerprint density at radius 1 is 1.40 bits per heavy atom. The lowest BCUT2D eigenvalue weighted by Crippen LogP contribution is -2.29. The van der Waals surface area contributed by atoms with E-state index in [0.717, 1.165) is 17.4 Å². The number of pyridine rings is 1. The fraction of sp³-hybridized carbons (Fsp3) is 0.333. The molecule has 0 spiro atoms. The van der Waals surface area contributed by atoms with Crippen molar-refractivity contribution in [2.45, 2.75) is 25.9 Å². The number of hydrogen-bond donors (Lipinski definition) is 1. The van der Waals surface area contributed by atoms with E-state index in [1.807, 2.05) is 18.3 Å². The number of likely N-dealkylation sites (N-methyl/N-ethyl adjacent to an activating group) is 1. The van der Waals surface area contributed by atoms with Gasteiger partial charge in [0.2, 0.25) is 0 Å². The minimum absolute atomic E-state index is 0.126. The molecule has 5 heteroatoms. The maximum atomic E-state index is 5.50. The maximum Gasteiger partial charge on any atom is 0.170 e. The summed E-state index contributed by atoms with van der Waals surface area (Å²) in [6.07, 6.45) is 1.84. The molecule has 3 nitrogen and oxygen atoms in total. The molecule has 0 aromatic carbocycles. The summed E-state index contributed by atoms with van der Waals surface area (Å²) in [6, 6.07) is 8.57. The number of nitrogens with zero attached hydrogens (tertiary/aromatic N) is 2. The molecule has 3 heterocycles. The number of thiocarbonyl (C=S) groups is 1. The first-order valence-electron chi connectivity index (χ1n) is 6.74. The monoisotopic (exact) mass is 303 g/mol. The second-order valence-electron chi connectivity index (χ2n) is 4.88. The Kier molecular flexibility index (Phi) is 3.72. The molecule has 0 bridgehead atoms. The van der Waals surface area contributed by atoms with Crippen molar-refractivity contribution in [1.82, 2.24) is 15.2 Å². The Hall–Kier alpha value is -1.46. The van der Waals surface area contributed by atoms with Gasteiger partial charge in [-0.1, -0.05) is 6.07 Å². The zero-order valence-corrected chi connectivity index (χ0v) is 13.2. The molecule has 0 aliphatic carbocycles.